The summed E-state index contributed by atoms with van der Waals surface area (Å²) in [7, 11) is 0. The molecule has 0 aromatic heterocycles. The molecule has 0 aromatic carbocycles. The first kappa shape index (κ1) is 6.99. The van der Waals surface area contributed by atoms with Gasteiger partial charge in [-0.15, -0.1) is 0 Å². The quantitative estimate of drug-likeness (QED) is 0.465. The largest absolute Gasteiger partial charge is 0.317 e. The second-order valence-electron chi connectivity index (χ2n) is 2.51. The van der Waals surface area contributed by atoms with Crippen molar-refractivity contribution < 1.29 is 5.21 Å². The predicted molar refractivity (Wildman–Crippen MR) is 35.4 cm³/mol. The third-order valence-electron chi connectivity index (χ3n) is 1.75. The molecule has 1 aliphatic rings. The summed E-state index contributed by atoms with van der Waals surface area (Å²) in [6.07, 6.45) is 3.76. The van der Waals surface area contributed by atoms with Crippen LogP contribution in [-0.4, -0.2) is 24.3 Å². The van der Waals surface area contributed by atoms with E-state index in [-0.39, 0.29) is 0 Å². The summed E-state index contributed by atoms with van der Waals surface area (Å²) in [5.41, 5.74) is 2.17. The third kappa shape index (κ3) is 2.30. The van der Waals surface area contributed by atoms with E-state index in [1.165, 1.54) is 19.3 Å². The summed E-state index contributed by atoms with van der Waals surface area (Å²) < 4.78 is 0. The van der Waals surface area contributed by atoms with Crippen LogP contribution in [0.15, 0.2) is 0 Å². The van der Waals surface area contributed by atoms with E-state index in [1.54, 1.807) is 0 Å². The predicted octanol–water partition coefficient (Wildman–Crippen LogP) is 0.107. The van der Waals surface area contributed by atoms with Crippen LogP contribution in [0.5, 0.6) is 0 Å². The molecule has 0 radical (unpaired) electrons. The zero-order chi connectivity index (χ0) is 6.53. The Balaban J connectivity index is 2.08. The summed E-state index contributed by atoms with van der Waals surface area (Å²) in [6, 6.07) is 0.490. The van der Waals surface area contributed by atoms with E-state index in [4.69, 9.17) is 5.21 Å². The van der Waals surface area contributed by atoms with Crippen LogP contribution >= 0.6 is 0 Å². The van der Waals surface area contributed by atoms with Crippen LogP contribution in [0.4, 0.5) is 0 Å². The Morgan fingerprint density at radius 2 is 2.44 bits per heavy atom. The van der Waals surface area contributed by atoms with E-state index in [1.807, 2.05) is 0 Å². The van der Waals surface area contributed by atoms with E-state index in [0.717, 1.165) is 6.54 Å². The molecule has 0 aliphatic carbocycles. The Labute approximate surface area is 55.4 Å². The standard InChI is InChI=1S/C6H14N2O/c9-8-5-6-3-1-2-4-7-6/h6-9H,1-5H2. The van der Waals surface area contributed by atoms with Crippen molar-refractivity contribution in [2.75, 3.05) is 13.1 Å². The van der Waals surface area contributed by atoms with Gasteiger partial charge in [-0.05, 0) is 19.4 Å². The second kappa shape index (κ2) is 3.82. The summed E-state index contributed by atoms with van der Waals surface area (Å²) in [5.74, 6) is 0. The molecule has 0 aromatic rings. The van der Waals surface area contributed by atoms with Crippen LogP contribution in [-0.2, 0) is 0 Å². The van der Waals surface area contributed by atoms with Gasteiger partial charge in [-0.3, -0.25) is 0 Å². The second-order valence-corrected chi connectivity index (χ2v) is 2.51. The average Bonchev–Trinajstić information content (AvgIpc) is 1.91. The minimum Gasteiger partial charge on any atom is -0.317 e. The monoisotopic (exact) mass is 130 g/mol. The molecule has 1 aliphatic heterocycles. The normalized spacial score (nSPS) is 28.3. The van der Waals surface area contributed by atoms with Crippen LogP contribution in [0.1, 0.15) is 19.3 Å². The van der Waals surface area contributed by atoms with Gasteiger partial charge in [0.25, 0.3) is 0 Å². The lowest BCUT2D eigenvalue weighted by Gasteiger charge is -2.22. The van der Waals surface area contributed by atoms with Crippen LogP contribution in [0, 0.1) is 0 Å². The fourth-order valence-corrected chi connectivity index (χ4v) is 1.21. The number of rotatable bonds is 2. The smallest absolute Gasteiger partial charge is 0.0361 e. The highest BCUT2D eigenvalue weighted by atomic mass is 16.5. The zero-order valence-electron chi connectivity index (χ0n) is 5.56. The van der Waals surface area contributed by atoms with Gasteiger partial charge in [0.15, 0.2) is 0 Å². The molecule has 9 heavy (non-hydrogen) atoms. The highest BCUT2D eigenvalue weighted by molar-refractivity contribution is 4.72. The van der Waals surface area contributed by atoms with E-state index >= 15 is 0 Å². The van der Waals surface area contributed by atoms with Crippen molar-refractivity contribution in [3.63, 3.8) is 0 Å². The van der Waals surface area contributed by atoms with Crippen LogP contribution in [0.3, 0.4) is 0 Å². The van der Waals surface area contributed by atoms with E-state index in [2.05, 4.69) is 10.8 Å². The number of piperidine rings is 1. The van der Waals surface area contributed by atoms with Gasteiger partial charge in [0.1, 0.15) is 0 Å². The maximum atomic E-state index is 8.33. The summed E-state index contributed by atoms with van der Waals surface area (Å²) in [4.78, 5) is 0. The van der Waals surface area contributed by atoms with E-state index < -0.39 is 0 Å². The molecule has 1 unspecified atom stereocenters. The summed E-state index contributed by atoms with van der Waals surface area (Å²) in [6.45, 7) is 1.78. The number of hydrogen-bond donors (Lipinski definition) is 3. The summed E-state index contributed by atoms with van der Waals surface area (Å²) in [5, 5.41) is 11.6. The SMILES string of the molecule is ONCC1CCCCN1. The fraction of sp³-hybridized carbons (Fsp3) is 1.00. The number of hydrogen-bond acceptors (Lipinski definition) is 3. The van der Waals surface area contributed by atoms with Gasteiger partial charge in [0.2, 0.25) is 0 Å². The van der Waals surface area contributed by atoms with E-state index in [0.29, 0.717) is 12.6 Å². The lowest BCUT2D eigenvalue weighted by Crippen LogP contribution is -2.40. The first-order valence-corrected chi connectivity index (χ1v) is 3.54. The first-order valence-electron chi connectivity index (χ1n) is 3.54. The highest BCUT2D eigenvalue weighted by Crippen LogP contribution is 2.04. The van der Waals surface area contributed by atoms with Crippen molar-refractivity contribution in [1.29, 1.82) is 0 Å². The van der Waals surface area contributed by atoms with Gasteiger partial charge < -0.3 is 10.5 Å². The Kier molecular flexibility index (Phi) is 2.97. The van der Waals surface area contributed by atoms with Crippen LogP contribution < -0.4 is 10.8 Å². The molecule has 1 atom stereocenters. The lowest BCUT2D eigenvalue weighted by molar-refractivity contribution is 0.149. The maximum absolute atomic E-state index is 8.33. The molecule has 1 fully saturated rings. The maximum Gasteiger partial charge on any atom is 0.0361 e. The molecule has 1 heterocycles. The Bertz CT molecular complexity index is 68.7. The van der Waals surface area contributed by atoms with Gasteiger partial charge in [0.05, 0.1) is 0 Å². The van der Waals surface area contributed by atoms with Gasteiger partial charge in [-0.1, -0.05) is 6.42 Å². The van der Waals surface area contributed by atoms with Crippen molar-refractivity contribution in [2.24, 2.45) is 0 Å². The number of nitrogens with one attached hydrogen (secondary N) is 2. The minimum atomic E-state index is 0.490. The molecule has 0 bridgehead atoms. The lowest BCUT2D eigenvalue weighted by atomic mass is 10.1. The van der Waals surface area contributed by atoms with Crippen molar-refractivity contribution >= 4 is 0 Å². The van der Waals surface area contributed by atoms with Gasteiger partial charge >= 0.3 is 0 Å². The molecular weight excluding hydrogens is 116 g/mol. The fourth-order valence-electron chi connectivity index (χ4n) is 1.21. The van der Waals surface area contributed by atoms with Gasteiger partial charge in [-0.25, -0.2) is 5.48 Å². The number of hydroxylamine groups is 1. The molecule has 0 saturated carbocycles. The van der Waals surface area contributed by atoms with Crippen molar-refractivity contribution in [3.8, 4) is 0 Å². The zero-order valence-corrected chi connectivity index (χ0v) is 5.56. The van der Waals surface area contributed by atoms with Crippen molar-refractivity contribution in [2.45, 2.75) is 25.3 Å². The van der Waals surface area contributed by atoms with Gasteiger partial charge in [0, 0.05) is 12.6 Å². The van der Waals surface area contributed by atoms with Crippen molar-refractivity contribution in [1.82, 2.24) is 10.8 Å². The van der Waals surface area contributed by atoms with E-state index in [9.17, 15) is 0 Å². The van der Waals surface area contributed by atoms with Crippen molar-refractivity contribution in [3.05, 3.63) is 0 Å². The molecule has 3 heteroatoms. The Morgan fingerprint density at radius 1 is 1.56 bits per heavy atom. The molecule has 3 nitrogen and oxygen atoms in total. The highest BCUT2D eigenvalue weighted by Gasteiger charge is 2.10. The average molecular weight is 130 g/mol. The molecule has 1 rings (SSSR count). The molecular formula is C6H14N2O. The molecule has 54 valence electrons. The Hall–Kier alpha value is -0.120. The minimum absolute atomic E-state index is 0.490. The van der Waals surface area contributed by atoms with Crippen LogP contribution in [0.25, 0.3) is 0 Å². The summed E-state index contributed by atoms with van der Waals surface area (Å²) >= 11 is 0. The molecule has 3 N–H and O–H groups in total. The topological polar surface area (TPSA) is 44.3 Å². The molecule has 0 amide bonds. The molecule has 0 spiro atoms. The third-order valence-corrected chi connectivity index (χ3v) is 1.75. The Morgan fingerprint density at radius 3 is 3.00 bits per heavy atom. The van der Waals surface area contributed by atoms with Crippen LogP contribution in [0.2, 0.25) is 0 Å². The first-order chi connectivity index (χ1) is 4.43. The molecule has 1 saturated heterocycles. The van der Waals surface area contributed by atoms with Gasteiger partial charge in [-0.2, -0.15) is 0 Å².